The fourth-order valence-electron chi connectivity index (χ4n) is 0.934. The molecule has 1 aliphatic heterocycles. The predicted octanol–water partition coefficient (Wildman–Crippen LogP) is 2.78. The molecule has 0 aromatic carbocycles. The standard InChI is InChI=1S/C9H11NS/c1-4-5-8-7(2)6-11-9(8)10-3/h4-6H,1H2,2-3H3/b8-5-,10-9?. The molecule has 0 fully saturated rings. The van der Waals surface area contributed by atoms with Gasteiger partial charge in [0.2, 0.25) is 0 Å². The molecule has 0 saturated carbocycles. The smallest absolute Gasteiger partial charge is 0.102 e. The fraction of sp³-hybridized carbons (Fsp3) is 0.222. The van der Waals surface area contributed by atoms with Crippen molar-refractivity contribution < 1.29 is 0 Å². The van der Waals surface area contributed by atoms with Gasteiger partial charge in [0.15, 0.2) is 0 Å². The molecule has 11 heavy (non-hydrogen) atoms. The number of hydrogen-bond donors (Lipinski definition) is 0. The van der Waals surface area contributed by atoms with Gasteiger partial charge in [0.25, 0.3) is 0 Å². The van der Waals surface area contributed by atoms with E-state index in [4.69, 9.17) is 0 Å². The lowest BCUT2D eigenvalue weighted by Crippen LogP contribution is -1.91. The van der Waals surface area contributed by atoms with Gasteiger partial charge in [-0.05, 0) is 17.9 Å². The van der Waals surface area contributed by atoms with Gasteiger partial charge in [-0.15, -0.1) is 0 Å². The van der Waals surface area contributed by atoms with E-state index in [1.54, 1.807) is 17.8 Å². The molecule has 0 radical (unpaired) electrons. The molecule has 0 amide bonds. The van der Waals surface area contributed by atoms with Gasteiger partial charge in [-0.25, -0.2) is 0 Å². The molecule has 0 unspecified atom stereocenters. The maximum absolute atomic E-state index is 4.15. The molecule has 0 aromatic heterocycles. The Balaban J connectivity index is 2.98. The zero-order valence-electron chi connectivity index (χ0n) is 6.79. The summed E-state index contributed by atoms with van der Waals surface area (Å²) in [5, 5.41) is 3.19. The number of hydrogen-bond acceptors (Lipinski definition) is 2. The summed E-state index contributed by atoms with van der Waals surface area (Å²) in [5.74, 6) is 0. The van der Waals surface area contributed by atoms with Crippen molar-refractivity contribution in [1.29, 1.82) is 0 Å². The second-order valence-electron chi connectivity index (χ2n) is 2.26. The van der Waals surface area contributed by atoms with Crippen molar-refractivity contribution in [3.63, 3.8) is 0 Å². The summed E-state index contributed by atoms with van der Waals surface area (Å²) in [6.07, 6.45) is 3.79. The van der Waals surface area contributed by atoms with Crippen LogP contribution in [0.1, 0.15) is 6.92 Å². The van der Waals surface area contributed by atoms with Gasteiger partial charge in [0, 0.05) is 12.6 Å². The first-order chi connectivity index (χ1) is 5.29. The van der Waals surface area contributed by atoms with Crippen molar-refractivity contribution in [2.45, 2.75) is 6.92 Å². The molecule has 1 rings (SSSR count). The Morgan fingerprint density at radius 2 is 2.36 bits per heavy atom. The largest absolute Gasteiger partial charge is 0.281 e. The monoisotopic (exact) mass is 165 g/mol. The van der Waals surface area contributed by atoms with Crippen LogP contribution < -0.4 is 0 Å². The lowest BCUT2D eigenvalue weighted by molar-refractivity contribution is 1.43. The van der Waals surface area contributed by atoms with Crippen LogP contribution in [0.15, 0.2) is 40.3 Å². The van der Waals surface area contributed by atoms with Crippen molar-refractivity contribution in [3.05, 3.63) is 35.3 Å². The van der Waals surface area contributed by atoms with Crippen LogP contribution in [-0.4, -0.2) is 12.1 Å². The average Bonchev–Trinajstić information content (AvgIpc) is 2.34. The fourth-order valence-corrected chi connectivity index (χ4v) is 1.81. The zero-order chi connectivity index (χ0) is 8.27. The van der Waals surface area contributed by atoms with E-state index in [9.17, 15) is 0 Å². The van der Waals surface area contributed by atoms with E-state index in [1.807, 2.05) is 13.1 Å². The molecular formula is C9H11NS. The summed E-state index contributed by atoms with van der Waals surface area (Å²) >= 11 is 1.67. The SMILES string of the molecule is C=C/C=C1/C(C)=CSC1=NC. The molecule has 0 atom stereocenters. The molecule has 1 nitrogen and oxygen atoms in total. The molecule has 2 heteroatoms. The van der Waals surface area contributed by atoms with Gasteiger partial charge in [-0.2, -0.15) is 0 Å². The topological polar surface area (TPSA) is 12.4 Å². The average molecular weight is 165 g/mol. The van der Waals surface area contributed by atoms with Crippen molar-refractivity contribution in [2.24, 2.45) is 4.99 Å². The number of allylic oxidation sites excluding steroid dienone is 3. The summed E-state index contributed by atoms with van der Waals surface area (Å²) in [7, 11) is 1.81. The van der Waals surface area contributed by atoms with E-state index < -0.39 is 0 Å². The lowest BCUT2D eigenvalue weighted by Gasteiger charge is -1.97. The molecule has 0 aliphatic carbocycles. The minimum Gasteiger partial charge on any atom is -0.281 e. The van der Waals surface area contributed by atoms with Crippen LogP contribution in [-0.2, 0) is 0 Å². The minimum absolute atomic E-state index is 1.09. The summed E-state index contributed by atoms with van der Waals surface area (Å²) in [5.41, 5.74) is 2.48. The molecule has 58 valence electrons. The van der Waals surface area contributed by atoms with E-state index in [1.165, 1.54) is 11.1 Å². The Bertz CT molecular complexity index is 259. The highest BCUT2D eigenvalue weighted by Crippen LogP contribution is 2.29. The Morgan fingerprint density at radius 3 is 2.91 bits per heavy atom. The molecule has 0 N–H and O–H groups in total. The second-order valence-corrected chi connectivity index (χ2v) is 3.12. The predicted molar refractivity (Wildman–Crippen MR) is 53.0 cm³/mol. The van der Waals surface area contributed by atoms with E-state index >= 15 is 0 Å². The maximum atomic E-state index is 4.15. The van der Waals surface area contributed by atoms with Crippen LogP contribution in [0.2, 0.25) is 0 Å². The maximum Gasteiger partial charge on any atom is 0.102 e. The summed E-state index contributed by atoms with van der Waals surface area (Å²) < 4.78 is 0. The molecule has 1 heterocycles. The van der Waals surface area contributed by atoms with E-state index in [2.05, 4.69) is 23.9 Å². The quantitative estimate of drug-likeness (QED) is 0.582. The Morgan fingerprint density at radius 1 is 1.64 bits per heavy atom. The van der Waals surface area contributed by atoms with E-state index in [0.717, 1.165) is 5.04 Å². The van der Waals surface area contributed by atoms with Crippen LogP contribution in [0, 0.1) is 0 Å². The minimum atomic E-state index is 1.09. The van der Waals surface area contributed by atoms with Crippen LogP contribution in [0.3, 0.4) is 0 Å². The number of aliphatic imine (C=N–C) groups is 1. The first-order valence-corrected chi connectivity index (χ1v) is 4.31. The van der Waals surface area contributed by atoms with Crippen molar-refractivity contribution in [1.82, 2.24) is 0 Å². The third-order valence-corrected chi connectivity index (χ3v) is 2.59. The highest BCUT2D eigenvalue weighted by Gasteiger charge is 2.13. The molecule has 0 spiro atoms. The van der Waals surface area contributed by atoms with Gasteiger partial charge in [-0.1, -0.05) is 30.5 Å². The molecule has 0 aromatic rings. The van der Waals surface area contributed by atoms with Crippen molar-refractivity contribution in [3.8, 4) is 0 Å². The third-order valence-electron chi connectivity index (χ3n) is 1.49. The van der Waals surface area contributed by atoms with Gasteiger partial charge in [0.05, 0.1) is 0 Å². The number of nitrogens with zero attached hydrogens (tertiary/aromatic N) is 1. The van der Waals surface area contributed by atoms with Crippen LogP contribution in [0.25, 0.3) is 0 Å². The first-order valence-electron chi connectivity index (χ1n) is 3.43. The molecule has 0 saturated heterocycles. The van der Waals surface area contributed by atoms with Gasteiger partial charge in [-0.3, -0.25) is 4.99 Å². The summed E-state index contributed by atoms with van der Waals surface area (Å²) in [4.78, 5) is 4.15. The normalized spacial score (nSPS) is 24.4. The van der Waals surface area contributed by atoms with Crippen molar-refractivity contribution in [2.75, 3.05) is 7.05 Å². The number of rotatable bonds is 1. The summed E-state index contributed by atoms with van der Waals surface area (Å²) in [6.45, 7) is 5.74. The van der Waals surface area contributed by atoms with Crippen molar-refractivity contribution >= 4 is 16.8 Å². The number of thioether (sulfide) groups is 1. The van der Waals surface area contributed by atoms with Gasteiger partial charge < -0.3 is 0 Å². The Labute approximate surface area is 71.6 Å². The van der Waals surface area contributed by atoms with Crippen LogP contribution in [0.5, 0.6) is 0 Å². The second kappa shape index (κ2) is 3.58. The van der Waals surface area contributed by atoms with Crippen LogP contribution >= 0.6 is 11.8 Å². The van der Waals surface area contributed by atoms with Crippen LogP contribution in [0.4, 0.5) is 0 Å². The highest BCUT2D eigenvalue weighted by atomic mass is 32.2. The molecular weight excluding hydrogens is 154 g/mol. The van der Waals surface area contributed by atoms with Gasteiger partial charge in [0.1, 0.15) is 5.04 Å². The van der Waals surface area contributed by atoms with E-state index in [-0.39, 0.29) is 0 Å². The first kappa shape index (κ1) is 8.34. The molecule has 0 bridgehead atoms. The molecule has 1 aliphatic rings. The highest BCUT2D eigenvalue weighted by molar-refractivity contribution is 8.17. The lowest BCUT2D eigenvalue weighted by atomic mass is 10.1. The third kappa shape index (κ3) is 1.63. The Kier molecular flexibility index (Phi) is 2.71. The zero-order valence-corrected chi connectivity index (χ0v) is 7.61. The van der Waals surface area contributed by atoms with E-state index in [0.29, 0.717) is 0 Å². The Hall–Kier alpha value is -0.760. The summed E-state index contributed by atoms with van der Waals surface area (Å²) in [6, 6.07) is 0. The van der Waals surface area contributed by atoms with Gasteiger partial charge >= 0.3 is 0 Å².